The Balaban J connectivity index is 2.88. The van der Waals surface area contributed by atoms with E-state index in [-0.39, 0.29) is 6.61 Å². The van der Waals surface area contributed by atoms with Gasteiger partial charge in [-0.2, -0.15) is 0 Å². The molecular weight excluding hydrogens is 228 g/mol. The number of halogens is 1. The minimum absolute atomic E-state index is 0.228. The summed E-state index contributed by atoms with van der Waals surface area (Å²) in [6.07, 6.45) is -0.536. The molecule has 1 aromatic rings. The van der Waals surface area contributed by atoms with Crippen LogP contribution in [0.25, 0.3) is 0 Å². The number of benzene rings is 1. The van der Waals surface area contributed by atoms with Crippen molar-refractivity contribution in [1.29, 1.82) is 0 Å². The molecule has 0 aliphatic rings. The van der Waals surface area contributed by atoms with Crippen LogP contribution in [0.15, 0.2) is 29.8 Å². The quantitative estimate of drug-likeness (QED) is 0.863. The van der Waals surface area contributed by atoms with Gasteiger partial charge in [0.25, 0.3) is 0 Å². The first-order chi connectivity index (χ1) is 7.54. The molecule has 1 aromatic carbocycles. The number of methoxy groups -OCH3 is 1. The zero-order chi connectivity index (χ0) is 12.1. The molecule has 0 spiro atoms. The normalized spacial score (nSPS) is 12.0. The maximum Gasteiger partial charge on any atom is 0.161 e. The Hall–Kier alpha value is -1.19. The molecule has 1 unspecified atom stereocenters. The molecular formula is C12H15ClO3. The van der Waals surface area contributed by atoms with Gasteiger partial charge in [-0.05, 0) is 24.6 Å². The highest BCUT2D eigenvalue weighted by Crippen LogP contribution is 2.30. The second-order valence-electron chi connectivity index (χ2n) is 3.39. The number of rotatable bonds is 5. The van der Waals surface area contributed by atoms with E-state index in [1.807, 2.05) is 0 Å². The van der Waals surface area contributed by atoms with Crippen molar-refractivity contribution in [2.75, 3.05) is 13.7 Å². The molecule has 4 heteroatoms. The summed E-state index contributed by atoms with van der Waals surface area (Å²) in [5, 5.41) is 9.84. The number of hydrogen-bond acceptors (Lipinski definition) is 3. The summed E-state index contributed by atoms with van der Waals surface area (Å²) >= 11 is 5.60. The van der Waals surface area contributed by atoms with E-state index >= 15 is 0 Å². The lowest BCUT2D eigenvalue weighted by Crippen LogP contribution is -2.00. The molecule has 0 aromatic heterocycles. The largest absolute Gasteiger partial charge is 0.493 e. The molecule has 1 rings (SSSR count). The van der Waals surface area contributed by atoms with Crippen LogP contribution in [0.2, 0.25) is 0 Å². The molecule has 0 heterocycles. The first-order valence-corrected chi connectivity index (χ1v) is 5.24. The molecule has 16 heavy (non-hydrogen) atoms. The second-order valence-corrected chi connectivity index (χ2v) is 3.93. The highest BCUT2D eigenvalue weighted by Gasteiger charge is 2.08. The summed E-state index contributed by atoms with van der Waals surface area (Å²) in [5.41, 5.74) is 0.772. The van der Waals surface area contributed by atoms with Gasteiger partial charge in [0.1, 0.15) is 6.61 Å². The number of aliphatic hydroxyl groups is 1. The van der Waals surface area contributed by atoms with Crippen LogP contribution >= 0.6 is 11.6 Å². The Morgan fingerprint density at radius 2 is 2.19 bits per heavy atom. The Morgan fingerprint density at radius 3 is 2.69 bits per heavy atom. The zero-order valence-electron chi connectivity index (χ0n) is 9.37. The first-order valence-electron chi connectivity index (χ1n) is 4.86. The molecule has 0 aliphatic heterocycles. The van der Waals surface area contributed by atoms with Gasteiger partial charge in [0.2, 0.25) is 0 Å². The summed E-state index contributed by atoms with van der Waals surface area (Å²) in [5.74, 6) is 1.14. The average molecular weight is 243 g/mol. The molecule has 3 nitrogen and oxygen atoms in total. The van der Waals surface area contributed by atoms with Crippen LogP contribution in [-0.2, 0) is 0 Å². The van der Waals surface area contributed by atoms with Gasteiger partial charge in [0.05, 0.1) is 13.2 Å². The lowest BCUT2D eigenvalue weighted by molar-refractivity contribution is 0.198. The zero-order valence-corrected chi connectivity index (χ0v) is 10.1. The van der Waals surface area contributed by atoms with Crippen molar-refractivity contribution >= 4 is 11.6 Å². The average Bonchev–Trinajstić information content (AvgIpc) is 2.25. The van der Waals surface area contributed by atoms with Crippen LogP contribution in [0.3, 0.4) is 0 Å². The molecule has 0 saturated carbocycles. The molecule has 0 radical (unpaired) electrons. The fraction of sp³-hybridized carbons (Fsp3) is 0.333. The van der Waals surface area contributed by atoms with E-state index in [0.29, 0.717) is 16.5 Å². The van der Waals surface area contributed by atoms with E-state index in [1.165, 1.54) is 0 Å². The van der Waals surface area contributed by atoms with E-state index in [4.69, 9.17) is 21.1 Å². The minimum atomic E-state index is -0.536. The molecule has 1 atom stereocenters. The van der Waals surface area contributed by atoms with Gasteiger partial charge in [-0.25, -0.2) is 0 Å². The van der Waals surface area contributed by atoms with Crippen LogP contribution in [0.1, 0.15) is 18.6 Å². The van der Waals surface area contributed by atoms with Gasteiger partial charge in [-0.1, -0.05) is 24.2 Å². The smallest absolute Gasteiger partial charge is 0.161 e. The van der Waals surface area contributed by atoms with Crippen molar-refractivity contribution in [2.24, 2.45) is 0 Å². The Kier molecular flexibility index (Phi) is 4.65. The third kappa shape index (κ3) is 3.43. The summed E-state index contributed by atoms with van der Waals surface area (Å²) in [4.78, 5) is 0. The number of ether oxygens (including phenoxy) is 2. The summed E-state index contributed by atoms with van der Waals surface area (Å²) in [6.45, 7) is 5.45. The van der Waals surface area contributed by atoms with Gasteiger partial charge < -0.3 is 14.6 Å². The van der Waals surface area contributed by atoms with Crippen molar-refractivity contribution < 1.29 is 14.6 Å². The predicted octanol–water partition coefficient (Wildman–Crippen LogP) is 2.88. The molecule has 0 bridgehead atoms. The Morgan fingerprint density at radius 1 is 1.50 bits per heavy atom. The topological polar surface area (TPSA) is 38.7 Å². The highest BCUT2D eigenvalue weighted by molar-refractivity contribution is 6.29. The van der Waals surface area contributed by atoms with Crippen molar-refractivity contribution in [2.45, 2.75) is 13.0 Å². The first kappa shape index (κ1) is 12.9. The minimum Gasteiger partial charge on any atom is -0.493 e. The molecule has 88 valence electrons. The lowest BCUT2D eigenvalue weighted by Gasteiger charge is -2.12. The third-order valence-electron chi connectivity index (χ3n) is 2.05. The van der Waals surface area contributed by atoms with Crippen LogP contribution < -0.4 is 9.47 Å². The molecule has 0 amide bonds. The third-order valence-corrected chi connectivity index (χ3v) is 2.16. The van der Waals surface area contributed by atoms with E-state index in [9.17, 15) is 5.11 Å². The monoisotopic (exact) mass is 242 g/mol. The van der Waals surface area contributed by atoms with E-state index < -0.39 is 6.10 Å². The maximum absolute atomic E-state index is 9.42. The summed E-state index contributed by atoms with van der Waals surface area (Å²) < 4.78 is 10.5. The van der Waals surface area contributed by atoms with Gasteiger partial charge in [-0.3, -0.25) is 0 Å². The Bertz CT molecular complexity index is 375. The Labute approximate surface area is 100 Å². The van der Waals surface area contributed by atoms with Crippen LogP contribution in [0.5, 0.6) is 11.5 Å². The van der Waals surface area contributed by atoms with Gasteiger partial charge in [0.15, 0.2) is 11.5 Å². The van der Waals surface area contributed by atoms with Crippen LogP contribution in [0, 0.1) is 0 Å². The predicted molar refractivity (Wildman–Crippen MR) is 64.1 cm³/mol. The van der Waals surface area contributed by atoms with Gasteiger partial charge in [-0.15, -0.1) is 0 Å². The second kappa shape index (κ2) is 5.77. The molecule has 0 saturated heterocycles. The SMILES string of the molecule is C=C(Cl)COc1ccc(C(C)O)cc1OC. The number of aliphatic hydroxyl groups excluding tert-OH is 1. The fourth-order valence-electron chi connectivity index (χ4n) is 1.22. The maximum atomic E-state index is 9.42. The standard InChI is InChI=1S/C12H15ClO3/c1-8(13)7-16-11-5-4-10(9(2)14)6-12(11)15-3/h4-6,9,14H,1,7H2,2-3H3. The van der Waals surface area contributed by atoms with E-state index in [2.05, 4.69) is 6.58 Å². The van der Waals surface area contributed by atoms with Crippen molar-refractivity contribution in [3.05, 3.63) is 35.4 Å². The highest BCUT2D eigenvalue weighted by atomic mass is 35.5. The van der Waals surface area contributed by atoms with E-state index in [0.717, 1.165) is 5.56 Å². The van der Waals surface area contributed by atoms with Crippen molar-refractivity contribution in [3.8, 4) is 11.5 Å². The van der Waals surface area contributed by atoms with Crippen LogP contribution in [0.4, 0.5) is 0 Å². The van der Waals surface area contributed by atoms with Crippen molar-refractivity contribution in [3.63, 3.8) is 0 Å². The van der Waals surface area contributed by atoms with Crippen molar-refractivity contribution in [1.82, 2.24) is 0 Å². The van der Waals surface area contributed by atoms with Crippen LogP contribution in [-0.4, -0.2) is 18.8 Å². The molecule has 0 fully saturated rings. The summed E-state index contributed by atoms with van der Waals surface area (Å²) in [7, 11) is 1.55. The molecule has 0 aliphatic carbocycles. The lowest BCUT2D eigenvalue weighted by atomic mass is 10.1. The summed E-state index contributed by atoms with van der Waals surface area (Å²) in [6, 6.07) is 5.25. The molecule has 1 N–H and O–H groups in total. The van der Waals surface area contributed by atoms with E-state index in [1.54, 1.807) is 32.2 Å². The fourth-order valence-corrected chi connectivity index (χ4v) is 1.27. The van der Waals surface area contributed by atoms with Gasteiger partial charge >= 0.3 is 0 Å². The number of hydrogen-bond donors (Lipinski definition) is 1. The van der Waals surface area contributed by atoms with Gasteiger partial charge in [0, 0.05) is 5.03 Å².